The highest BCUT2D eigenvalue weighted by molar-refractivity contribution is 7.18. The van der Waals surface area contributed by atoms with Crippen LogP contribution in [0.15, 0.2) is 12.1 Å². The van der Waals surface area contributed by atoms with Gasteiger partial charge in [0.25, 0.3) is 0 Å². The third-order valence-corrected chi connectivity index (χ3v) is 2.96. The van der Waals surface area contributed by atoms with Crippen LogP contribution in [0.2, 0.25) is 4.34 Å². The predicted octanol–water partition coefficient (Wildman–Crippen LogP) is 1.00. The minimum absolute atomic E-state index is 0.0596. The van der Waals surface area contributed by atoms with Gasteiger partial charge in [0.05, 0.1) is 22.3 Å². The van der Waals surface area contributed by atoms with E-state index in [1.807, 2.05) is 0 Å². The molecular weight excluding hydrogens is 236 g/mol. The Balaban J connectivity index is 2.52. The van der Waals surface area contributed by atoms with Crippen molar-refractivity contribution < 1.29 is 9.59 Å². The molecule has 0 spiro atoms. The molecule has 0 bridgehead atoms. The first kappa shape index (κ1) is 12.2. The fraction of sp³-hybridized carbons (Fsp3) is 0.333. The van der Waals surface area contributed by atoms with Crippen molar-refractivity contribution in [2.75, 3.05) is 20.1 Å². The van der Waals surface area contributed by atoms with Crippen LogP contribution >= 0.6 is 22.9 Å². The maximum absolute atomic E-state index is 11.6. The van der Waals surface area contributed by atoms with Gasteiger partial charge in [-0.15, -0.1) is 11.3 Å². The highest BCUT2D eigenvalue weighted by atomic mass is 35.5. The number of rotatable bonds is 5. The quantitative estimate of drug-likeness (QED) is 0.789. The van der Waals surface area contributed by atoms with Crippen molar-refractivity contribution in [1.29, 1.82) is 0 Å². The summed E-state index contributed by atoms with van der Waals surface area (Å²) in [6, 6.07) is 3.35. The van der Waals surface area contributed by atoms with Crippen LogP contribution in [-0.4, -0.2) is 36.7 Å². The van der Waals surface area contributed by atoms with E-state index in [-0.39, 0.29) is 18.9 Å². The summed E-state index contributed by atoms with van der Waals surface area (Å²) in [7, 11) is 1.66. The van der Waals surface area contributed by atoms with Gasteiger partial charge in [-0.05, 0) is 19.2 Å². The maximum Gasteiger partial charge on any atom is 0.231 e. The summed E-state index contributed by atoms with van der Waals surface area (Å²) >= 11 is 6.93. The summed E-state index contributed by atoms with van der Waals surface area (Å²) in [6.07, 6.45) is 0. The second-order valence-electron chi connectivity index (χ2n) is 3.17. The van der Waals surface area contributed by atoms with E-state index in [9.17, 15) is 9.59 Å². The monoisotopic (exact) mass is 246 g/mol. The van der Waals surface area contributed by atoms with Crippen LogP contribution in [0.5, 0.6) is 0 Å². The van der Waals surface area contributed by atoms with E-state index >= 15 is 0 Å². The lowest BCUT2D eigenvalue weighted by Gasteiger charge is -2.12. The lowest BCUT2D eigenvalue weighted by Crippen LogP contribution is -2.34. The van der Waals surface area contributed by atoms with Crippen molar-refractivity contribution in [3.8, 4) is 0 Å². The van der Waals surface area contributed by atoms with Crippen LogP contribution in [0.3, 0.4) is 0 Å². The smallest absolute Gasteiger partial charge is 0.231 e. The van der Waals surface area contributed by atoms with Crippen molar-refractivity contribution in [2.24, 2.45) is 5.73 Å². The van der Waals surface area contributed by atoms with E-state index in [0.717, 1.165) is 0 Å². The van der Waals surface area contributed by atoms with Gasteiger partial charge in [0.15, 0.2) is 5.78 Å². The van der Waals surface area contributed by atoms with Crippen molar-refractivity contribution in [2.45, 2.75) is 0 Å². The normalized spacial score (nSPS) is 10.6. The first-order valence-electron chi connectivity index (χ1n) is 4.24. The molecule has 15 heavy (non-hydrogen) atoms. The molecule has 0 radical (unpaired) electrons. The Kier molecular flexibility index (Phi) is 4.26. The summed E-state index contributed by atoms with van der Waals surface area (Å²) in [4.78, 5) is 24.4. The third-order valence-electron chi connectivity index (χ3n) is 1.69. The molecule has 2 N–H and O–H groups in total. The number of Topliss-reactive ketones (excluding diaryl/α,β-unsaturated/α-hetero) is 1. The van der Waals surface area contributed by atoms with Crippen molar-refractivity contribution in [1.82, 2.24) is 4.90 Å². The number of carbonyl (C=O) groups excluding carboxylic acids is 2. The number of likely N-dealkylation sites (N-methyl/N-ethyl adjacent to an activating group) is 1. The number of amides is 1. The minimum Gasteiger partial charge on any atom is -0.369 e. The topological polar surface area (TPSA) is 63.4 Å². The zero-order chi connectivity index (χ0) is 11.4. The standard InChI is InChI=1S/C9H11ClN2O2S/c1-12(5-9(11)14)4-6(13)7-2-3-8(10)15-7/h2-3H,4-5H2,1H3,(H2,11,14). The van der Waals surface area contributed by atoms with Crippen LogP contribution in [0, 0.1) is 0 Å². The first-order valence-corrected chi connectivity index (χ1v) is 5.44. The molecule has 1 aromatic heterocycles. The Hall–Kier alpha value is -0.910. The summed E-state index contributed by atoms with van der Waals surface area (Å²) < 4.78 is 0.580. The molecule has 1 rings (SSSR count). The Morgan fingerprint density at radius 2 is 2.13 bits per heavy atom. The fourth-order valence-electron chi connectivity index (χ4n) is 1.11. The third kappa shape index (κ3) is 3.99. The zero-order valence-electron chi connectivity index (χ0n) is 8.20. The number of primary amides is 1. The van der Waals surface area contributed by atoms with E-state index in [1.165, 1.54) is 11.3 Å². The zero-order valence-corrected chi connectivity index (χ0v) is 9.77. The second kappa shape index (κ2) is 5.25. The van der Waals surface area contributed by atoms with E-state index < -0.39 is 5.91 Å². The molecule has 0 unspecified atom stereocenters. The van der Waals surface area contributed by atoms with Gasteiger partial charge < -0.3 is 5.73 Å². The lowest BCUT2D eigenvalue weighted by atomic mass is 10.3. The van der Waals surface area contributed by atoms with Crippen molar-refractivity contribution in [3.63, 3.8) is 0 Å². The molecule has 0 aromatic carbocycles. The van der Waals surface area contributed by atoms with Gasteiger partial charge in [-0.2, -0.15) is 0 Å². The Morgan fingerprint density at radius 1 is 1.47 bits per heavy atom. The molecule has 0 saturated heterocycles. The largest absolute Gasteiger partial charge is 0.369 e. The number of hydrogen-bond donors (Lipinski definition) is 1. The highest BCUT2D eigenvalue weighted by Crippen LogP contribution is 2.21. The number of halogens is 1. The molecule has 0 atom stereocenters. The van der Waals surface area contributed by atoms with Crippen LogP contribution in [0.1, 0.15) is 9.67 Å². The van der Waals surface area contributed by atoms with E-state index in [4.69, 9.17) is 17.3 Å². The average molecular weight is 247 g/mol. The number of hydrogen-bond acceptors (Lipinski definition) is 4. The number of ketones is 1. The summed E-state index contributed by atoms with van der Waals surface area (Å²) in [5, 5.41) is 0. The van der Waals surface area contributed by atoms with Gasteiger partial charge in [0, 0.05) is 0 Å². The SMILES string of the molecule is CN(CC(N)=O)CC(=O)c1ccc(Cl)s1. The molecule has 4 nitrogen and oxygen atoms in total. The molecule has 1 aromatic rings. The Morgan fingerprint density at radius 3 is 2.60 bits per heavy atom. The number of nitrogens with two attached hydrogens (primary N) is 1. The second-order valence-corrected chi connectivity index (χ2v) is 4.88. The van der Waals surface area contributed by atoms with Crippen molar-refractivity contribution >= 4 is 34.6 Å². The number of thiophene rings is 1. The summed E-state index contributed by atoms with van der Waals surface area (Å²) in [5.41, 5.74) is 5.00. The predicted molar refractivity (Wildman–Crippen MR) is 60.4 cm³/mol. The average Bonchev–Trinajstić information content (AvgIpc) is 2.49. The summed E-state index contributed by atoms with van der Waals surface area (Å²) in [5.74, 6) is -0.509. The number of nitrogens with zero attached hydrogens (tertiary/aromatic N) is 1. The molecule has 0 aliphatic heterocycles. The minimum atomic E-state index is -0.450. The molecular formula is C9H11ClN2O2S. The van der Waals surface area contributed by atoms with Crippen LogP contribution in [0.25, 0.3) is 0 Å². The van der Waals surface area contributed by atoms with E-state index in [2.05, 4.69) is 0 Å². The summed E-state index contributed by atoms with van der Waals surface area (Å²) in [6.45, 7) is 0.241. The van der Waals surface area contributed by atoms with Crippen LogP contribution in [-0.2, 0) is 4.79 Å². The van der Waals surface area contributed by atoms with E-state index in [1.54, 1.807) is 24.1 Å². The van der Waals surface area contributed by atoms with Crippen molar-refractivity contribution in [3.05, 3.63) is 21.3 Å². The molecule has 1 amide bonds. The van der Waals surface area contributed by atoms with Gasteiger partial charge in [0.2, 0.25) is 5.91 Å². The molecule has 1 heterocycles. The first-order chi connectivity index (χ1) is 6.99. The van der Waals surface area contributed by atoms with Crippen LogP contribution in [0.4, 0.5) is 0 Å². The molecule has 0 aliphatic carbocycles. The fourth-order valence-corrected chi connectivity index (χ4v) is 2.08. The van der Waals surface area contributed by atoms with Gasteiger partial charge in [0.1, 0.15) is 0 Å². The molecule has 6 heteroatoms. The molecule has 82 valence electrons. The highest BCUT2D eigenvalue weighted by Gasteiger charge is 2.12. The molecule has 0 saturated carbocycles. The van der Waals surface area contributed by atoms with Gasteiger partial charge in [-0.25, -0.2) is 0 Å². The number of carbonyl (C=O) groups is 2. The van der Waals surface area contributed by atoms with Crippen LogP contribution < -0.4 is 5.73 Å². The molecule has 0 fully saturated rings. The van der Waals surface area contributed by atoms with Gasteiger partial charge in [-0.1, -0.05) is 11.6 Å². The Labute approximate surface area is 96.6 Å². The van der Waals surface area contributed by atoms with Gasteiger partial charge >= 0.3 is 0 Å². The Bertz CT molecular complexity index is 378. The molecule has 0 aliphatic rings. The lowest BCUT2D eigenvalue weighted by molar-refractivity contribution is -0.118. The van der Waals surface area contributed by atoms with Gasteiger partial charge in [-0.3, -0.25) is 14.5 Å². The maximum atomic E-state index is 11.6. The van der Waals surface area contributed by atoms with E-state index in [0.29, 0.717) is 9.21 Å².